The monoisotopic (exact) mass is 416 g/mol. The van der Waals surface area contributed by atoms with Crippen molar-refractivity contribution in [3.8, 4) is 0 Å². The first-order chi connectivity index (χ1) is 15.3. The van der Waals surface area contributed by atoms with Crippen LogP contribution in [0, 0.1) is 5.92 Å². The minimum atomic E-state index is 0.436. The Morgan fingerprint density at radius 2 is 1.97 bits per heavy atom. The Balaban J connectivity index is 1.35. The zero-order valence-corrected chi connectivity index (χ0v) is 18.4. The second kappa shape index (κ2) is 7.92. The Kier molecular flexibility index (Phi) is 4.92. The van der Waals surface area contributed by atoms with Gasteiger partial charge in [-0.3, -0.25) is 9.88 Å². The lowest BCUT2D eigenvalue weighted by atomic mass is 9.77. The van der Waals surface area contributed by atoms with Crippen molar-refractivity contribution in [2.45, 2.75) is 38.3 Å². The van der Waals surface area contributed by atoms with Crippen LogP contribution in [0.25, 0.3) is 11.0 Å². The number of anilines is 1. The Morgan fingerprint density at radius 1 is 1.06 bits per heavy atom. The number of piperazine rings is 1. The highest BCUT2D eigenvalue weighted by molar-refractivity contribution is 5.89. The average molecular weight is 417 g/mol. The highest BCUT2D eigenvalue weighted by atomic mass is 15.2. The number of imidazole rings is 1. The summed E-state index contributed by atoms with van der Waals surface area (Å²) in [6.07, 6.45) is 7.04. The van der Waals surface area contributed by atoms with Gasteiger partial charge in [0, 0.05) is 39.4 Å². The minimum absolute atomic E-state index is 0.436. The van der Waals surface area contributed by atoms with Crippen LogP contribution in [-0.4, -0.2) is 52.2 Å². The molecule has 0 saturated carbocycles. The molecular weight excluding hydrogens is 384 g/mol. The number of fused-ring (bicyclic) bond motifs is 4. The van der Waals surface area contributed by atoms with E-state index in [1.54, 1.807) is 0 Å². The SMILES string of the molecule is Cn1c(CN2CCC[C@H]3CCc4cccnc4[C@H]32)nc2cccc(N3CCNCC3)c21. The largest absolute Gasteiger partial charge is 0.367 e. The third-order valence-electron chi connectivity index (χ3n) is 7.62. The summed E-state index contributed by atoms with van der Waals surface area (Å²) in [5.74, 6) is 1.89. The second-order valence-electron chi connectivity index (χ2n) is 9.37. The van der Waals surface area contributed by atoms with Gasteiger partial charge in [0.1, 0.15) is 5.82 Å². The minimum Gasteiger partial charge on any atom is -0.367 e. The lowest BCUT2D eigenvalue weighted by Crippen LogP contribution is -2.43. The second-order valence-corrected chi connectivity index (χ2v) is 9.37. The van der Waals surface area contributed by atoms with E-state index in [4.69, 9.17) is 9.97 Å². The lowest BCUT2D eigenvalue weighted by molar-refractivity contribution is 0.0667. The fraction of sp³-hybridized carbons (Fsp3) is 0.520. The fourth-order valence-electron chi connectivity index (χ4n) is 6.08. The van der Waals surface area contributed by atoms with Gasteiger partial charge in [-0.1, -0.05) is 12.1 Å². The molecule has 2 aliphatic heterocycles. The van der Waals surface area contributed by atoms with Crippen LogP contribution in [0.2, 0.25) is 0 Å². The van der Waals surface area contributed by atoms with E-state index in [1.807, 2.05) is 6.20 Å². The summed E-state index contributed by atoms with van der Waals surface area (Å²) in [6.45, 7) is 6.22. The topological polar surface area (TPSA) is 49.2 Å². The first-order valence-electron chi connectivity index (χ1n) is 11.9. The van der Waals surface area contributed by atoms with Crippen molar-refractivity contribution in [1.82, 2.24) is 24.8 Å². The van der Waals surface area contributed by atoms with Gasteiger partial charge in [0.25, 0.3) is 0 Å². The van der Waals surface area contributed by atoms with Crippen LogP contribution >= 0.6 is 0 Å². The molecule has 0 unspecified atom stereocenters. The Bertz CT molecular complexity index is 1080. The quantitative estimate of drug-likeness (QED) is 0.710. The van der Waals surface area contributed by atoms with Crippen molar-refractivity contribution in [1.29, 1.82) is 0 Å². The zero-order valence-electron chi connectivity index (χ0n) is 18.4. The number of aryl methyl sites for hydroxylation is 2. The number of para-hydroxylation sites is 1. The molecule has 0 bridgehead atoms. The zero-order chi connectivity index (χ0) is 20.8. The number of pyridine rings is 1. The molecule has 2 atom stereocenters. The van der Waals surface area contributed by atoms with Gasteiger partial charge in [-0.2, -0.15) is 0 Å². The normalized spacial score (nSPS) is 24.2. The predicted molar refractivity (Wildman–Crippen MR) is 124 cm³/mol. The maximum Gasteiger partial charge on any atom is 0.123 e. The predicted octanol–water partition coefficient (Wildman–Crippen LogP) is 3.28. The van der Waals surface area contributed by atoms with E-state index in [2.05, 4.69) is 57.1 Å². The number of nitrogens with one attached hydrogen (secondary N) is 1. The van der Waals surface area contributed by atoms with Crippen LogP contribution in [0.4, 0.5) is 5.69 Å². The molecule has 6 rings (SSSR count). The molecule has 3 aromatic rings. The van der Waals surface area contributed by atoms with Crippen LogP contribution in [0.1, 0.15) is 42.4 Å². The molecule has 2 aromatic heterocycles. The fourth-order valence-corrected chi connectivity index (χ4v) is 6.08. The van der Waals surface area contributed by atoms with Gasteiger partial charge in [-0.25, -0.2) is 4.98 Å². The third-order valence-corrected chi connectivity index (χ3v) is 7.62. The van der Waals surface area contributed by atoms with E-state index < -0.39 is 0 Å². The Morgan fingerprint density at radius 3 is 2.87 bits per heavy atom. The Hall–Kier alpha value is -2.44. The van der Waals surface area contributed by atoms with Gasteiger partial charge in [0.05, 0.1) is 35.0 Å². The van der Waals surface area contributed by atoms with Crippen LogP contribution in [0.15, 0.2) is 36.5 Å². The molecule has 3 aliphatic rings. The summed E-state index contributed by atoms with van der Waals surface area (Å²) < 4.78 is 2.35. The van der Waals surface area contributed by atoms with Gasteiger partial charge in [-0.05, 0) is 61.9 Å². The molecule has 1 N–H and O–H groups in total. The molecule has 6 nitrogen and oxygen atoms in total. The van der Waals surface area contributed by atoms with Crippen molar-refractivity contribution in [3.63, 3.8) is 0 Å². The van der Waals surface area contributed by atoms with Crippen molar-refractivity contribution in [2.24, 2.45) is 13.0 Å². The summed E-state index contributed by atoms with van der Waals surface area (Å²) in [5.41, 5.74) is 6.47. The van der Waals surface area contributed by atoms with E-state index in [1.165, 1.54) is 54.0 Å². The van der Waals surface area contributed by atoms with Crippen LogP contribution in [-0.2, 0) is 20.0 Å². The molecule has 2 fully saturated rings. The van der Waals surface area contributed by atoms with Crippen LogP contribution in [0.3, 0.4) is 0 Å². The summed E-state index contributed by atoms with van der Waals surface area (Å²) >= 11 is 0. The smallest absolute Gasteiger partial charge is 0.123 e. The molecule has 0 amide bonds. The van der Waals surface area contributed by atoms with Crippen LogP contribution in [0.5, 0.6) is 0 Å². The van der Waals surface area contributed by atoms with E-state index in [0.29, 0.717) is 6.04 Å². The molecule has 1 aliphatic carbocycles. The van der Waals surface area contributed by atoms with Gasteiger partial charge in [-0.15, -0.1) is 0 Å². The third kappa shape index (κ3) is 3.33. The number of likely N-dealkylation sites (tertiary alicyclic amines) is 1. The summed E-state index contributed by atoms with van der Waals surface area (Å²) in [5, 5.41) is 3.46. The molecule has 1 aromatic carbocycles. The summed E-state index contributed by atoms with van der Waals surface area (Å²) in [4.78, 5) is 15.1. The van der Waals surface area contributed by atoms with E-state index in [9.17, 15) is 0 Å². The number of rotatable bonds is 3. The Labute approximate surface area is 184 Å². The average Bonchev–Trinajstić information content (AvgIpc) is 3.15. The summed E-state index contributed by atoms with van der Waals surface area (Å²) in [6, 6.07) is 11.4. The molecular formula is C25H32N6. The van der Waals surface area contributed by atoms with Crippen molar-refractivity contribution >= 4 is 16.7 Å². The lowest BCUT2D eigenvalue weighted by Gasteiger charge is -2.44. The maximum atomic E-state index is 5.11. The van der Waals surface area contributed by atoms with Gasteiger partial charge in [0.15, 0.2) is 0 Å². The maximum absolute atomic E-state index is 5.11. The molecule has 162 valence electrons. The van der Waals surface area contributed by atoms with Gasteiger partial charge >= 0.3 is 0 Å². The van der Waals surface area contributed by atoms with E-state index in [-0.39, 0.29) is 0 Å². The number of hydrogen-bond donors (Lipinski definition) is 1. The molecule has 0 spiro atoms. The van der Waals surface area contributed by atoms with Crippen LogP contribution < -0.4 is 10.2 Å². The number of benzene rings is 1. The van der Waals surface area contributed by atoms with E-state index in [0.717, 1.165) is 50.7 Å². The highest BCUT2D eigenvalue weighted by Gasteiger charge is 2.38. The molecule has 31 heavy (non-hydrogen) atoms. The molecule has 0 radical (unpaired) electrons. The van der Waals surface area contributed by atoms with Crippen molar-refractivity contribution in [3.05, 3.63) is 53.6 Å². The van der Waals surface area contributed by atoms with Gasteiger partial charge < -0.3 is 14.8 Å². The summed E-state index contributed by atoms with van der Waals surface area (Å²) in [7, 11) is 2.20. The number of piperidine rings is 1. The standard InChI is InChI=1S/C25H32N6/c1-29-22(28-20-7-2-8-21(25(20)29)30-15-12-26-13-16-30)17-31-14-4-6-19-10-9-18-5-3-11-27-23(18)24(19)31/h2-3,5,7-8,11,19,24,26H,4,6,9-10,12-17H2,1H3/t19-,24-/m0/s1. The first kappa shape index (κ1) is 19.3. The van der Waals surface area contributed by atoms with Crippen molar-refractivity contribution in [2.75, 3.05) is 37.6 Å². The number of nitrogens with zero attached hydrogens (tertiary/aromatic N) is 5. The van der Waals surface area contributed by atoms with Crippen molar-refractivity contribution < 1.29 is 0 Å². The highest BCUT2D eigenvalue weighted by Crippen LogP contribution is 2.43. The number of aromatic nitrogens is 3. The first-order valence-corrected chi connectivity index (χ1v) is 11.9. The van der Waals surface area contributed by atoms with E-state index >= 15 is 0 Å². The van der Waals surface area contributed by atoms with Gasteiger partial charge in [0.2, 0.25) is 0 Å². The number of hydrogen-bond acceptors (Lipinski definition) is 5. The molecule has 2 saturated heterocycles. The molecule has 4 heterocycles. The molecule has 6 heteroatoms.